The van der Waals surface area contributed by atoms with Gasteiger partial charge in [0.2, 0.25) is 0 Å². The summed E-state index contributed by atoms with van der Waals surface area (Å²) in [6.07, 6.45) is 2.87. The molecule has 0 bridgehead atoms. The quantitative estimate of drug-likeness (QED) is 0.200. The predicted octanol–water partition coefficient (Wildman–Crippen LogP) is 11.3. The molecule has 0 unspecified atom stereocenters. The summed E-state index contributed by atoms with van der Waals surface area (Å²) in [6, 6.07) is 48.8. The average molecular weight is 595 g/mol. The fourth-order valence-corrected chi connectivity index (χ4v) is 7.60. The molecule has 0 aliphatic carbocycles. The molecule has 9 rings (SSSR count). The van der Waals surface area contributed by atoms with Crippen molar-refractivity contribution in [1.82, 2.24) is 0 Å². The third-order valence-electron chi connectivity index (χ3n) is 8.58. The highest BCUT2D eigenvalue weighted by Crippen LogP contribution is 2.42. The second-order valence-corrected chi connectivity index (χ2v) is 12.4. The van der Waals surface area contributed by atoms with Gasteiger partial charge in [0.1, 0.15) is 11.2 Å². The highest BCUT2D eigenvalue weighted by atomic mass is 32.1. The van der Waals surface area contributed by atoms with Crippen LogP contribution in [-0.4, -0.2) is 11.5 Å². The molecule has 6 aromatic carbocycles. The van der Waals surface area contributed by atoms with Crippen LogP contribution in [0.25, 0.3) is 58.9 Å². The second kappa shape index (κ2) is 10.5. The minimum absolute atomic E-state index is 0.686. The van der Waals surface area contributed by atoms with Crippen molar-refractivity contribution in [3.05, 3.63) is 162 Å². The molecule has 4 heteroatoms. The summed E-state index contributed by atoms with van der Waals surface area (Å²) in [4.78, 5) is 10.5. The van der Waals surface area contributed by atoms with Crippen LogP contribution in [0.15, 0.2) is 160 Å². The Bertz CT molecular complexity index is 2500. The van der Waals surface area contributed by atoms with Gasteiger partial charge in [-0.3, -0.25) is 0 Å². The third-order valence-corrected chi connectivity index (χ3v) is 9.72. The molecule has 3 heterocycles. The van der Waals surface area contributed by atoms with Crippen LogP contribution in [0.4, 0.5) is 0 Å². The molecule has 0 saturated carbocycles. The van der Waals surface area contributed by atoms with E-state index in [9.17, 15) is 0 Å². The summed E-state index contributed by atoms with van der Waals surface area (Å²) in [7, 11) is 0. The fraction of sp³-hybridized carbons (Fsp3) is 0.0244. The second-order valence-electron chi connectivity index (χ2n) is 11.3. The van der Waals surface area contributed by atoms with E-state index < -0.39 is 0 Å². The number of nitrogens with zero attached hydrogens (tertiary/aromatic N) is 2. The first kappa shape index (κ1) is 25.9. The summed E-state index contributed by atoms with van der Waals surface area (Å²) in [5.41, 5.74) is 9.10. The van der Waals surface area contributed by atoms with E-state index in [0.29, 0.717) is 12.3 Å². The highest BCUT2D eigenvalue weighted by Gasteiger charge is 2.20. The molecular weight excluding hydrogens is 569 g/mol. The number of fused-ring (bicyclic) bond motifs is 6. The van der Waals surface area contributed by atoms with Crippen LogP contribution >= 0.6 is 11.3 Å². The lowest BCUT2D eigenvalue weighted by molar-refractivity contribution is 0.669. The molecular formula is C41H26N2OS. The smallest absolute Gasteiger partial charge is 0.160 e. The van der Waals surface area contributed by atoms with E-state index in [1.165, 1.54) is 25.7 Å². The number of hydrogen-bond acceptors (Lipinski definition) is 4. The number of hydrogen-bond donors (Lipinski definition) is 0. The van der Waals surface area contributed by atoms with Crippen molar-refractivity contribution in [2.24, 2.45) is 9.98 Å². The number of amidine groups is 1. The van der Waals surface area contributed by atoms with Crippen LogP contribution in [-0.2, 0) is 0 Å². The summed E-state index contributed by atoms with van der Waals surface area (Å²) < 4.78 is 9.05. The average Bonchev–Trinajstić information content (AvgIpc) is 3.59. The van der Waals surface area contributed by atoms with Gasteiger partial charge in [-0.05, 0) is 52.6 Å². The zero-order valence-corrected chi connectivity index (χ0v) is 25.1. The molecule has 0 fully saturated rings. The number of rotatable bonds is 4. The topological polar surface area (TPSA) is 37.9 Å². The molecule has 3 nitrogen and oxygen atoms in total. The molecule has 0 amide bonds. The van der Waals surface area contributed by atoms with Gasteiger partial charge in [0, 0.05) is 42.9 Å². The Morgan fingerprint density at radius 2 is 1.24 bits per heavy atom. The first-order valence-electron chi connectivity index (χ1n) is 15.1. The maximum atomic E-state index is 6.46. The van der Waals surface area contributed by atoms with Crippen molar-refractivity contribution in [3.8, 4) is 11.1 Å². The molecule has 8 aromatic rings. The lowest BCUT2D eigenvalue weighted by Crippen LogP contribution is -2.05. The number of thiophene rings is 1. The largest absolute Gasteiger partial charge is 0.456 e. The number of aliphatic imine (C=N–C) groups is 2. The van der Waals surface area contributed by atoms with Crippen molar-refractivity contribution < 1.29 is 4.42 Å². The van der Waals surface area contributed by atoms with Crippen molar-refractivity contribution in [2.75, 3.05) is 0 Å². The minimum Gasteiger partial charge on any atom is -0.456 e. The lowest BCUT2D eigenvalue weighted by Gasteiger charge is -2.08. The van der Waals surface area contributed by atoms with Gasteiger partial charge in [-0.15, -0.1) is 11.3 Å². The highest BCUT2D eigenvalue weighted by molar-refractivity contribution is 7.25. The first-order chi connectivity index (χ1) is 22.3. The van der Waals surface area contributed by atoms with Crippen molar-refractivity contribution in [1.29, 1.82) is 0 Å². The van der Waals surface area contributed by atoms with Crippen LogP contribution in [0.5, 0.6) is 0 Å². The molecule has 0 radical (unpaired) electrons. The van der Waals surface area contributed by atoms with E-state index in [-0.39, 0.29) is 0 Å². The lowest BCUT2D eigenvalue weighted by atomic mass is 9.97. The Morgan fingerprint density at radius 1 is 0.511 bits per heavy atom. The summed E-state index contributed by atoms with van der Waals surface area (Å²) in [6.45, 7) is 0. The molecule has 45 heavy (non-hydrogen) atoms. The fourth-order valence-electron chi connectivity index (χ4n) is 6.47. The molecule has 2 aromatic heterocycles. The van der Waals surface area contributed by atoms with Gasteiger partial charge in [0.05, 0.1) is 11.4 Å². The van der Waals surface area contributed by atoms with Gasteiger partial charge in [-0.2, -0.15) is 0 Å². The van der Waals surface area contributed by atoms with E-state index in [2.05, 4.69) is 121 Å². The van der Waals surface area contributed by atoms with Gasteiger partial charge >= 0.3 is 0 Å². The Labute approximate surface area is 264 Å². The van der Waals surface area contributed by atoms with Crippen molar-refractivity contribution >= 4 is 70.7 Å². The van der Waals surface area contributed by atoms with E-state index in [0.717, 1.165) is 55.6 Å². The van der Waals surface area contributed by atoms with Gasteiger partial charge in [-0.25, -0.2) is 9.98 Å². The van der Waals surface area contributed by atoms with Gasteiger partial charge < -0.3 is 4.42 Å². The van der Waals surface area contributed by atoms with Crippen LogP contribution in [0.3, 0.4) is 0 Å². The summed E-state index contributed by atoms with van der Waals surface area (Å²) in [5, 5.41) is 4.68. The molecule has 0 N–H and O–H groups in total. The summed E-state index contributed by atoms with van der Waals surface area (Å²) in [5.74, 6) is 0.686. The van der Waals surface area contributed by atoms with E-state index >= 15 is 0 Å². The number of furan rings is 1. The number of benzene rings is 6. The van der Waals surface area contributed by atoms with Crippen LogP contribution in [0, 0.1) is 0 Å². The third kappa shape index (κ3) is 4.42. The van der Waals surface area contributed by atoms with E-state index in [4.69, 9.17) is 14.4 Å². The zero-order chi connectivity index (χ0) is 29.7. The number of allylic oxidation sites excluding steroid dienone is 1. The Kier molecular flexibility index (Phi) is 6.06. The van der Waals surface area contributed by atoms with E-state index in [1.807, 2.05) is 35.6 Å². The normalized spacial score (nSPS) is 13.6. The molecule has 0 atom stereocenters. The summed E-state index contributed by atoms with van der Waals surface area (Å²) >= 11 is 1.84. The van der Waals surface area contributed by atoms with Crippen LogP contribution in [0.1, 0.15) is 23.1 Å². The molecule has 0 saturated heterocycles. The maximum Gasteiger partial charge on any atom is 0.160 e. The SMILES string of the molecule is C1=C(c2ccccc2)N=C(c2cccc3oc4ccc(-c5cccc6sc7ccccc7c56)cc4c23)N=C(c2ccccc2)C1. The molecule has 1 aliphatic heterocycles. The molecule has 212 valence electrons. The Morgan fingerprint density at radius 3 is 2.11 bits per heavy atom. The van der Waals surface area contributed by atoms with Crippen LogP contribution < -0.4 is 0 Å². The van der Waals surface area contributed by atoms with Crippen molar-refractivity contribution in [3.63, 3.8) is 0 Å². The Hall–Kier alpha value is -5.58. The molecule has 1 aliphatic rings. The maximum absolute atomic E-state index is 6.46. The zero-order valence-electron chi connectivity index (χ0n) is 24.3. The van der Waals surface area contributed by atoms with Gasteiger partial charge in [-0.1, -0.05) is 115 Å². The van der Waals surface area contributed by atoms with E-state index in [1.54, 1.807) is 0 Å². The monoisotopic (exact) mass is 594 g/mol. The van der Waals surface area contributed by atoms with Crippen LogP contribution in [0.2, 0.25) is 0 Å². The minimum atomic E-state index is 0.686. The first-order valence-corrected chi connectivity index (χ1v) is 16.0. The standard InChI is InChI=1S/C41H26N2OS/c1-3-11-26(12-4-1)33-22-23-34(27-13-5-2-6-14-27)43-41(42-33)31-17-9-18-36-39(31)32-25-28(21-24-35(32)44-36)29-16-10-20-38-40(29)30-15-7-8-19-37(30)45-38/h1-22,24-25H,23H2. The van der Waals surface area contributed by atoms with Gasteiger partial charge in [0.15, 0.2) is 5.84 Å². The van der Waals surface area contributed by atoms with Crippen molar-refractivity contribution in [2.45, 2.75) is 6.42 Å². The molecule has 0 spiro atoms. The Balaban J connectivity index is 1.28. The van der Waals surface area contributed by atoms with Gasteiger partial charge in [0.25, 0.3) is 0 Å². The predicted molar refractivity (Wildman–Crippen MR) is 191 cm³/mol.